The van der Waals surface area contributed by atoms with E-state index in [1.807, 2.05) is 0 Å². The van der Waals surface area contributed by atoms with Crippen molar-refractivity contribution >= 4 is 5.97 Å². The zero-order valence-electron chi connectivity index (χ0n) is 8.93. The Morgan fingerprint density at radius 3 is 2.62 bits per heavy atom. The second-order valence-electron chi connectivity index (χ2n) is 4.10. The minimum atomic E-state index is -1.09. The Balaban J connectivity index is 2.34. The summed E-state index contributed by atoms with van der Waals surface area (Å²) >= 11 is 0. The van der Waals surface area contributed by atoms with Crippen molar-refractivity contribution in [2.45, 2.75) is 38.1 Å². The maximum absolute atomic E-state index is 11.6. The van der Waals surface area contributed by atoms with Crippen LogP contribution in [0.3, 0.4) is 0 Å². The third kappa shape index (κ3) is 2.13. The van der Waals surface area contributed by atoms with Gasteiger partial charge in [-0.2, -0.15) is 5.10 Å². The molecule has 1 aliphatic rings. The van der Waals surface area contributed by atoms with Gasteiger partial charge in [0, 0.05) is 6.07 Å². The summed E-state index contributed by atoms with van der Waals surface area (Å²) in [6.07, 6.45) is 5.17. The summed E-state index contributed by atoms with van der Waals surface area (Å²) in [5.41, 5.74) is -0.276. The van der Waals surface area contributed by atoms with Gasteiger partial charge in [0.15, 0.2) is 5.69 Å². The van der Waals surface area contributed by atoms with Crippen molar-refractivity contribution in [3.8, 4) is 0 Å². The van der Waals surface area contributed by atoms with E-state index in [-0.39, 0.29) is 17.3 Å². The Kier molecular flexibility index (Phi) is 3.03. The Morgan fingerprint density at radius 1 is 1.31 bits per heavy atom. The fraction of sp³-hybridized carbons (Fsp3) is 0.545. The summed E-state index contributed by atoms with van der Waals surface area (Å²) in [5, 5.41) is 12.7. The molecule has 0 aromatic carbocycles. The second-order valence-corrected chi connectivity index (χ2v) is 4.10. The molecule has 0 radical (unpaired) electrons. The monoisotopic (exact) mass is 222 g/mol. The first kappa shape index (κ1) is 10.9. The van der Waals surface area contributed by atoms with Gasteiger partial charge in [-0.05, 0) is 18.9 Å². The Hall–Kier alpha value is -1.65. The van der Waals surface area contributed by atoms with Gasteiger partial charge in [0.05, 0.1) is 6.04 Å². The first-order valence-corrected chi connectivity index (χ1v) is 5.51. The van der Waals surface area contributed by atoms with Crippen LogP contribution in [0.1, 0.15) is 48.6 Å². The molecule has 1 heterocycles. The minimum Gasteiger partial charge on any atom is -0.476 e. The quantitative estimate of drug-likeness (QED) is 0.821. The normalized spacial score (nSPS) is 17.2. The van der Waals surface area contributed by atoms with Gasteiger partial charge in [-0.15, -0.1) is 0 Å². The maximum atomic E-state index is 11.6. The van der Waals surface area contributed by atoms with Gasteiger partial charge >= 0.3 is 5.97 Å². The molecule has 1 aromatic rings. The van der Waals surface area contributed by atoms with Crippen molar-refractivity contribution in [3.05, 3.63) is 28.2 Å². The topological polar surface area (TPSA) is 72.2 Å². The van der Waals surface area contributed by atoms with Gasteiger partial charge in [0.25, 0.3) is 5.56 Å². The van der Waals surface area contributed by atoms with Crippen LogP contribution < -0.4 is 5.56 Å². The highest BCUT2D eigenvalue weighted by Gasteiger charge is 2.18. The smallest absolute Gasteiger partial charge is 0.356 e. The molecule has 86 valence electrons. The Labute approximate surface area is 92.7 Å². The highest BCUT2D eigenvalue weighted by Crippen LogP contribution is 2.26. The molecule has 1 N–H and O–H groups in total. The van der Waals surface area contributed by atoms with Crippen LogP contribution in [0.4, 0.5) is 0 Å². The van der Waals surface area contributed by atoms with E-state index in [2.05, 4.69) is 5.10 Å². The number of nitrogens with zero attached hydrogens (tertiary/aromatic N) is 2. The van der Waals surface area contributed by atoms with E-state index in [4.69, 9.17) is 5.11 Å². The Bertz CT molecular complexity index is 447. The first-order chi connectivity index (χ1) is 7.68. The molecule has 0 bridgehead atoms. The van der Waals surface area contributed by atoms with Gasteiger partial charge in [0.2, 0.25) is 0 Å². The fourth-order valence-corrected chi connectivity index (χ4v) is 2.13. The van der Waals surface area contributed by atoms with Crippen LogP contribution in [0.15, 0.2) is 16.9 Å². The molecule has 0 unspecified atom stereocenters. The lowest BCUT2D eigenvalue weighted by Gasteiger charge is -2.22. The molecule has 1 fully saturated rings. The summed E-state index contributed by atoms with van der Waals surface area (Å²) in [7, 11) is 0. The van der Waals surface area contributed by atoms with Gasteiger partial charge in [-0.1, -0.05) is 19.3 Å². The van der Waals surface area contributed by atoms with Gasteiger partial charge in [-0.3, -0.25) is 4.79 Å². The third-order valence-corrected chi connectivity index (χ3v) is 2.96. The molecule has 1 saturated carbocycles. The van der Waals surface area contributed by atoms with E-state index in [0.717, 1.165) is 25.7 Å². The lowest BCUT2D eigenvalue weighted by molar-refractivity contribution is 0.0686. The highest BCUT2D eigenvalue weighted by molar-refractivity contribution is 5.84. The molecule has 1 aromatic heterocycles. The molecule has 1 aliphatic carbocycles. The van der Waals surface area contributed by atoms with Crippen molar-refractivity contribution in [3.63, 3.8) is 0 Å². The number of aromatic nitrogens is 2. The summed E-state index contributed by atoms with van der Waals surface area (Å²) < 4.78 is 1.34. The molecule has 5 nitrogen and oxygen atoms in total. The molecule has 0 saturated heterocycles. The number of hydrogen-bond donors (Lipinski definition) is 1. The van der Waals surface area contributed by atoms with E-state index >= 15 is 0 Å². The van der Waals surface area contributed by atoms with Crippen LogP contribution in [0.2, 0.25) is 0 Å². The molecule has 0 spiro atoms. The van der Waals surface area contributed by atoms with Crippen molar-refractivity contribution < 1.29 is 9.90 Å². The van der Waals surface area contributed by atoms with E-state index in [9.17, 15) is 9.59 Å². The summed E-state index contributed by atoms with van der Waals surface area (Å²) in [4.78, 5) is 22.4. The van der Waals surface area contributed by atoms with Crippen LogP contribution in [0, 0.1) is 0 Å². The lowest BCUT2D eigenvalue weighted by atomic mass is 9.96. The molecule has 0 atom stereocenters. The standard InChI is InChI=1S/C11H14N2O3/c14-10-7-6-9(11(15)16)12-13(10)8-4-2-1-3-5-8/h6-8H,1-5H2,(H,15,16). The van der Waals surface area contributed by atoms with E-state index in [0.29, 0.717) is 0 Å². The fourth-order valence-electron chi connectivity index (χ4n) is 2.13. The first-order valence-electron chi connectivity index (χ1n) is 5.51. The summed E-state index contributed by atoms with van der Waals surface area (Å²) in [6, 6.07) is 2.61. The number of rotatable bonds is 2. The zero-order chi connectivity index (χ0) is 11.5. The van der Waals surface area contributed by atoms with Crippen LogP contribution in [0.25, 0.3) is 0 Å². The zero-order valence-corrected chi connectivity index (χ0v) is 8.93. The SMILES string of the molecule is O=C(O)c1ccc(=O)n(C2CCCCC2)n1. The molecular weight excluding hydrogens is 208 g/mol. The van der Waals surface area contributed by atoms with Crippen LogP contribution in [-0.4, -0.2) is 20.9 Å². The van der Waals surface area contributed by atoms with Crippen LogP contribution in [-0.2, 0) is 0 Å². The molecular formula is C11H14N2O3. The molecule has 5 heteroatoms. The van der Waals surface area contributed by atoms with Crippen LogP contribution >= 0.6 is 0 Å². The van der Waals surface area contributed by atoms with Crippen LogP contribution in [0.5, 0.6) is 0 Å². The Morgan fingerprint density at radius 2 is 2.00 bits per heavy atom. The maximum Gasteiger partial charge on any atom is 0.356 e. The van der Waals surface area contributed by atoms with Crippen molar-refractivity contribution in [1.82, 2.24) is 9.78 Å². The number of carboxylic acid groups (broad SMARTS) is 1. The predicted octanol–water partition coefficient (Wildman–Crippen LogP) is 1.45. The summed E-state index contributed by atoms with van der Waals surface area (Å²) in [6.45, 7) is 0. The number of aromatic carboxylic acids is 1. The largest absolute Gasteiger partial charge is 0.476 e. The van der Waals surface area contributed by atoms with Gasteiger partial charge < -0.3 is 5.11 Å². The van der Waals surface area contributed by atoms with Gasteiger partial charge in [-0.25, -0.2) is 9.48 Å². The number of carboxylic acids is 1. The van der Waals surface area contributed by atoms with Crippen molar-refractivity contribution in [2.75, 3.05) is 0 Å². The van der Waals surface area contributed by atoms with E-state index in [1.165, 1.54) is 23.2 Å². The van der Waals surface area contributed by atoms with Gasteiger partial charge in [0.1, 0.15) is 0 Å². The minimum absolute atomic E-state index is 0.0647. The number of carbonyl (C=O) groups is 1. The third-order valence-electron chi connectivity index (χ3n) is 2.96. The average Bonchev–Trinajstić information content (AvgIpc) is 2.30. The molecule has 2 rings (SSSR count). The van der Waals surface area contributed by atoms with Crippen molar-refractivity contribution in [2.24, 2.45) is 0 Å². The van der Waals surface area contributed by atoms with E-state index in [1.54, 1.807) is 0 Å². The molecule has 0 amide bonds. The van der Waals surface area contributed by atoms with E-state index < -0.39 is 5.97 Å². The molecule has 0 aliphatic heterocycles. The van der Waals surface area contributed by atoms with Crippen molar-refractivity contribution in [1.29, 1.82) is 0 Å². The lowest BCUT2D eigenvalue weighted by Crippen LogP contribution is -2.29. The highest BCUT2D eigenvalue weighted by atomic mass is 16.4. The average molecular weight is 222 g/mol. The predicted molar refractivity (Wildman–Crippen MR) is 57.6 cm³/mol. The molecule has 16 heavy (non-hydrogen) atoms. The number of hydrogen-bond acceptors (Lipinski definition) is 3. The second kappa shape index (κ2) is 4.47. The summed E-state index contributed by atoms with van der Waals surface area (Å²) in [5.74, 6) is -1.09.